The minimum Gasteiger partial charge on any atom is -0.507 e. The molecule has 4 rings (SSSR count). The van der Waals surface area contributed by atoms with E-state index in [1.54, 1.807) is 42.5 Å². The van der Waals surface area contributed by atoms with Gasteiger partial charge in [0, 0.05) is 18.2 Å². The number of benzene rings is 3. The zero-order valence-electron chi connectivity index (χ0n) is 21.2. The Balaban J connectivity index is 1.93. The van der Waals surface area contributed by atoms with Crippen LogP contribution in [-0.2, 0) is 14.4 Å². The molecule has 190 valence electrons. The number of ether oxygens (including phenoxy) is 3. The van der Waals surface area contributed by atoms with Crippen LogP contribution in [-0.4, -0.2) is 37.0 Å². The third kappa shape index (κ3) is 4.91. The summed E-state index contributed by atoms with van der Waals surface area (Å²) in [7, 11) is 2.96. The standard InChI is InChI=1S/C29H27NO7/c1-16-12-17(2)14-21(13-16)30-26(19-6-9-22(10-7-19)37-18(3)31)25(28(33)29(30)34)27(32)20-8-11-23(35-4)24(15-20)36-5/h6-15,26,32H,1-5H3/b27-25-. The number of aliphatic hydroxyl groups excluding tert-OH is 1. The number of amides is 1. The van der Waals surface area contributed by atoms with Gasteiger partial charge in [0.05, 0.1) is 25.8 Å². The van der Waals surface area contributed by atoms with Gasteiger partial charge in [0.15, 0.2) is 11.5 Å². The highest BCUT2D eigenvalue weighted by Crippen LogP contribution is 2.43. The van der Waals surface area contributed by atoms with Gasteiger partial charge >= 0.3 is 5.97 Å². The molecule has 0 aromatic heterocycles. The predicted molar refractivity (Wildman–Crippen MR) is 138 cm³/mol. The smallest absolute Gasteiger partial charge is 0.308 e. The SMILES string of the molecule is COc1ccc(/C(O)=C2/C(=O)C(=O)N(c3cc(C)cc(C)c3)C2c2ccc(OC(C)=O)cc2)cc1OC. The Labute approximate surface area is 214 Å². The first-order valence-electron chi connectivity index (χ1n) is 11.5. The summed E-state index contributed by atoms with van der Waals surface area (Å²) in [6.07, 6.45) is 0. The van der Waals surface area contributed by atoms with Crippen LogP contribution in [0.25, 0.3) is 5.76 Å². The van der Waals surface area contributed by atoms with Crippen LogP contribution in [0, 0.1) is 13.8 Å². The molecule has 3 aromatic carbocycles. The molecule has 1 amide bonds. The zero-order valence-corrected chi connectivity index (χ0v) is 21.2. The van der Waals surface area contributed by atoms with Gasteiger partial charge in [-0.05, 0) is 73.0 Å². The van der Waals surface area contributed by atoms with Gasteiger partial charge in [-0.15, -0.1) is 0 Å². The summed E-state index contributed by atoms with van der Waals surface area (Å²) >= 11 is 0. The van der Waals surface area contributed by atoms with Crippen molar-refractivity contribution in [1.82, 2.24) is 0 Å². The highest BCUT2D eigenvalue weighted by Gasteiger charge is 2.47. The fourth-order valence-corrected chi connectivity index (χ4v) is 4.53. The molecule has 1 unspecified atom stereocenters. The van der Waals surface area contributed by atoms with Crippen LogP contribution < -0.4 is 19.1 Å². The molecule has 0 bridgehead atoms. The number of Topliss-reactive ketones (excluding diaryl/α,β-unsaturated/α-hetero) is 1. The number of esters is 1. The molecule has 1 aliphatic rings. The fraction of sp³-hybridized carbons (Fsp3) is 0.207. The highest BCUT2D eigenvalue weighted by molar-refractivity contribution is 6.51. The predicted octanol–water partition coefficient (Wildman–Crippen LogP) is 4.87. The largest absolute Gasteiger partial charge is 0.507 e. The van der Waals surface area contributed by atoms with Crippen molar-refractivity contribution in [2.45, 2.75) is 26.8 Å². The summed E-state index contributed by atoms with van der Waals surface area (Å²) in [5, 5.41) is 11.4. The molecule has 1 heterocycles. The van der Waals surface area contributed by atoms with E-state index in [0.717, 1.165) is 11.1 Å². The molecule has 8 heteroatoms. The third-order valence-corrected chi connectivity index (χ3v) is 6.04. The molecular weight excluding hydrogens is 474 g/mol. The van der Waals surface area contributed by atoms with Crippen LogP contribution in [0.2, 0.25) is 0 Å². The molecule has 37 heavy (non-hydrogen) atoms. The van der Waals surface area contributed by atoms with E-state index in [-0.39, 0.29) is 16.9 Å². The van der Waals surface area contributed by atoms with Crippen LogP contribution in [0.3, 0.4) is 0 Å². The number of nitrogens with zero attached hydrogens (tertiary/aromatic N) is 1. The second-order valence-electron chi connectivity index (χ2n) is 8.75. The molecule has 1 saturated heterocycles. The summed E-state index contributed by atoms with van der Waals surface area (Å²) in [6.45, 7) is 5.10. The summed E-state index contributed by atoms with van der Waals surface area (Å²) in [4.78, 5) is 39.6. The van der Waals surface area contributed by atoms with Crippen molar-refractivity contribution < 1.29 is 33.7 Å². The van der Waals surface area contributed by atoms with Crippen molar-refractivity contribution in [2.24, 2.45) is 0 Å². The van der Waals surface area contributed by atoms with Crippen LogP contribution in [0.4, 0.5) is 5.69 Å². The Morgan fingerprint density at radius 1 is 0.865 bits per heavy atom. The van der Waals surface area contributed by atoms with E-state index < -0.39 is 23.7 Å². The lowest BCUT2D eigenvalue weighted by atomic mass is 9.94. The fourth-order valence-electron chi connectivity index (χ4n) is 4.53. The number of aliphatic hydroxyl groups is 1. The first-order valence-corrected chi connectivity index (χ1v) is 11.5. The van der Waals surface area contributed by atoms with Crippen molar-refractivity contribution in [1.29, 1.82) is 0 Å². The summed E-state index contributed by atoms with van der Waals surface area (Å²) in [5.74, 6) is -1.27. The maximum Gasteiger partial charge on any atom is 0.308 e. The second kappa shape index (κ2) is 10.2. The molecule has 0 spiro atoms. The van der Waals surface area contributed by atoms with Crippen LogP contribution in [0.5, 0.6) is 17.2 Å². The van der Waals surface area contributed by atoms with E-state index in [1.165, 1.54) is 26.0 Å². The summed E-state index contributed by atoms with van der Waals surface area (Å²) in [6, 6.07) is 15.9. The van der Waals surface area contributed by atoms with Crippen molar-refractivity contribution in [3.05, 3.63) is 88.5 Å². The Kier molecular flexibility index (Phi) is 7.02. The first kappa shape index (κ1) is 25.5. The van der Waals surface area contributed by atoms with Crippen molar-refractivity contribution in [3.8, 4) is 17.2 Å². The van der Waals surface area contributed by atoms with Gasteiger partial charge in [0.1, 0.15) is 11.5 Å². The van der Waals surface area contributed by atoms with Gasteiger partial charge in [0.2, 0.25) is 0 Å². The maximum atomic E-state index is 13.4. The summed E-state index contributed by atoms with van der Waals surface area (Å²) < 4.78 is 15.8. The van der Waals surface area contributed by atoms with E-state index in [2.05, 4.69) is 0 Å². The number of rotatable bonds is 6. The lowest BCUT2D eigenvalue weighted by Crippen LogP contribution is -2.29. The highest BCUT2D eigenvalue weighted by atomic mass is 16.5. The average molecular weight is 502 g/mol. The number of carbonyl (C=O) groups excluding carboxylic acids is 3. The van der Waals surface area contributed by atoms with Gasteiger partial charge in [-0.1, -0.05) is 18.2 Å². The van der Waals surface area contributed by atoms with Crippen molar-refractivity contribution in [3.63, 3.8) is 0 Å². The minimum absolute atomic E-state index is 0.0726. The van der Waals surface area contributed by atoms with Gasteiger partial charge in [-0.25, -0.2) is 0 Å². The normalized spacial score (nSPS) is 16.6. The number of hydrogen-bond acceptors (Lipinski definition) is 7. The molecule has 1 N–H and O–H groups in total. The number of hydrogen-bond donors (Lipinski definition) is 1. The molecule has 1 aliphatic heterocycles. The van der Waals surface area contributed by atoms with Crippen LogP contribution in [0.15, 0.2) is 66.2 Å². The average Bonchev–Trinajstić information content (AvgIpc) is 3.13. The number of methoxy groups -OCH3 is 2. The van der Waals surface area contributed by atoms with E-state index in [9.17, 15) is 19.5 Å². The monoisotopic (exact) mass is 501 g/mol. The van der Waals surface area contributed by atoms with E-state index in [1.807, 2.05) is 32.0 Å². The van der Waals surface area contributed by atoms with Crippen molar-refractivity contribution in [2.75, 3.05) is 19.1 Å². The molecular formula is C29H27NO7. The Bertz CT molecular complexity index is 1400. The zero-order chi connectivity index (χ0) is 26.9. The molecule has 0 saturated carbocycles. The number of aryl methyl sites for hydroxylation is 2. The number of anilines is 1. The molecule has 3 aromatic rings. The van der Waals surface area contributed by atoms with E-state index in [4.69, 9.17) is 14.2 Å². The third-order valence-electron chi connectivity index (χ3n) is 6.04. The molecule has 8 nitrogen and oxygen atoms in total. The second-order valence-corrected chi connectivity index (χ2v) is 8.75. The van der Waals surface area contributed by atoms with Crippen LogP contribution >= 0.6 is 0 Å². The molecule has 1 fully saturated rings. The Hall–Kier alpha value is -4.59. The van der Waals surface area contributed by atoms with Gasteiger partial charge in [-0.2, -0.15) is 0 Å². The van der Waals surface area contributed by atoms with Gasteiger partial charge < -0.3 is 19.3 Å². The lowest BCUT2D eigenvalue weighted by Gasteiger charge is -2.26. The Morgan fingerprint density at radius 3 is 2.05 bits per heavy atom. The quantitative estimate of drug-likeness (QED) is 0.169. The molecule has 0 aliphatic carbocycles. The van der Waals surface area contributed by atoms with Crippen molar-refractivity contribution >= 4 is 29.1 Å². The first-order chi connectivity index (χ1) is 17.6. The molecule has 0 radical (unpaired) electrons. The minimum atomic E-state index is -0.930. The van der Waals surface area contributed by atoms with Gasteiger partial charge in [0.25, 0.3) is 11.7 Å². The van der Waals surface area contributed by atoms with Crippen LogP contribution in [0.1, 0.15) is 35.2 Å². The van der Waals surface area contributed by atoms with Gasteiger partial charge in [-0.3, -0.25) is 19.3 Å². The number of carbonyl (C=O) groups is 3. The molecule has 1 atom stereocenters. The summed E-state index contributed by atoms with van der Waals surface area (Å²) in [5.41, 5.74) is 3.13. The number of ketones is 1. The lowest BCUT2D eigenvalue weighted by molar-refractivity contribution is -0.132. The Morgan fingerprint density at radius 2 is 1.49 bits per heavy atom. The van der Waals surface area contributed by atoms with E-state index >= 15 is 0 Å². The van der Waals surface area contributed by atoms with E-state index in [0.29, 0.717) is 28.5 Å². The topological polar surface area (TPSA) is 102 Å². The maximum absolute atomic E-state index is 13.4.